The van der Waals surface area contributed by atoms with Crippen LogP contribution in [0.15, 0.2) is 18.3 Å². The molecule has 0 unspecified atom stereocenters. The number of carbonyl (C=O) groups excluding carboxylic acids is 3. The molecule has 1 aliphatic heterocycles. The van der Waals surface area contributed by atoms with E-state index in [1.54, 1.807) is 31.1 Å². The molecule has 1 N–H and O–H groups in total. The van der Waals surface area contributed by atoms with Crippen LogP contribution in [0.2, 0.25) is 0 Å². The van der Waals surface area contributed by atoms with Crippen LogP contribution in [0, 0.1) is 11.8 Å². The summed E-state index contributed by atoms with van der Waals surface area (Å²) in [6.07, 6.45) is 3.79. The lowest BCUT2D eigenvalue weighted by atomic mass is 9.89. The normalized spacial score (nSPS) is 16.9. The molecule has 1 aromatic heterocycles. The Balaban J connectivity index is 1.94. The van der Waals surface area contributed by atoms with Crippen molar-refractivity contribution in [2.45, 2.75) is 33.1 Å². The van der Waals surface area contributed by atoms with Gasteiger partial charge in [-0.1, -0.05) is 13.8 Å². The van der Waals surface area contributed by atoms with Crippen LogP contribution in [0.4, 0.5) is 5.82 Å². The number of pyridine rings is 1. The van der Waals surface area contributed by atoms with Gasteiger partial charge in [0, 0.05) is 45.7 Å². The second kappa shape index (κ2) is 9.48. The van der Waals surface area contributed by atoms with E-state index in [1.807, 2.05) is 13.8 Å². The van der Waals surface area contributed by atoms with E-state index in [1.165, 1.54) is 11.1 Å². The molecule has 0 spiro atoms. The summed E-state index contributed by atoms with van der Waals surface area (Å²) < 4.78 is 0. The fourth-order valence-electron chi connectivity index (χ4n) is 3.13. The molecule has 1 fully saturated rings. The molecule has 2 amide bonds. The third-order valence-electron chi connectivity index (χ3n) is 4.70. The zero-order chi connectivity index (χ0) is 20.0. The standard InChI is InChI=1S/C20H30N4O3/c1-14(2)10-17(25)16-6-5-9-24(13-16)20(27)15-7-8-18(21-11-15)22-12-19(26)23(3)4/h7-8,11,14,16H,5-6,9-10,12-13H2,1-4H3,(H,21,22)/t16-/m0/s1. The van der Waals surface area contributed by atoms with Crippen molar-refractivity contribution in [3.63, 3.8) is 0 Å². The summed E-state index contributed by atoms with van der Waals surface area (Å²) in [5.74, 6) is 0.933. The van der Waals surface area contributed by atoms with E-state index in [9.17, 15) is 14.4 Å². The van der Waals surface area contributed by atoms with E-state index in [2.05, 4.69) is 10.3 Å². The number of hydrogen-bond donors (Lipinski definition) is 1. The number of amides is 2. The number of nitrogens with one attached hydrogen (secondary N) is 1. The number of nitrogens with zero attached hydrogens (tertiary/aromatic N) is 3. The van der Waals surface area contributed by atoms with E-state index in [4.69, 9.17) is 0 Å². The van der Waals surface area contributed by atoms with Crippen molar-refractivity contribution in [2.24, 2.45) is 11.8 Å². The van der Waals surface area contributed by atoms with Gasteiger partial charge in [-0.25, -0.2) is 4.98 Å². The number of hydrogen-bond acceptors (Lipinski definition) is 5. The van der Waals surface area contributed by atoms with Crippen molar-refractivity contribution in [1.29, 1.82) is 0 Å². The largest absolute Gasteiger partial charge is 0.361 e. The highest BCUT2D eigenvalue weighted by atomic mass is 16.2. The molecule has 0 bridgehead atoms. The molecule has 7 heteroatoms. The highest BCUT2D eigenvalue weighted by molar-refractivity contribution is 5.94. The highest BCUT2D eigenvalue weighted by Gasteiger charge is 2.29. The fourth-order valence-corrected chi connectivity index (χ4v) is 3.13. The number of anilines is 1. The van der Waals surface area contributed by atoms with Gasteiger partial charge in [-0.15, -0.1) is 0 Å². The Bertz CT molecular complexity index is 670. The van der Waals surface area contributed by atoms with E-state index >= 15 is 0 Å². The lowest BCUT2D eigenvalue weighted by Crippen LogP contribution is -2.42. The summed E-state index contributed by atoms with van der Waals surface area (Å²) >= 11 is 0. The van der Waals surface area contributed by atoms with Gasteiger partial charge in [0.25, 0.3) is 5.91 Å². The van der Waals surface area contributed by atoms with Gasteiger partial charge < -0.3 is 15.1 Å². The van der Waals surface area contributed by atoms with Crippen LogP contribution in [0.25, 0.3) is 0 Å². The van der Waals surface area contributed by atoms with Crippen molar-refractivity contribution in [1.82, 2.24) is 14.8 Å². The van der Waals surface area contributed by atoms with Crippen molar-refractivity contribution in [2.75, 3.05) is 39.0 Å². The molecule has 1 atom stereocenters. The van der Waals surface area contributed by atoms with E-state index in [0.717, 1.165) is 12.8 Å². The zero-order valence-corrected chi connectivity index (χ0v) is 16.7. The second-order valence-corrected chi connectivity index (χ2v) is 7.73. The van der Waals surface area contributed by atoms with Crippen LogP contribution in [-0.4, -0.2) is 66.1 Å². The molecule has 1 saturated heterocycles. The van der Waals surface area contributed by atoms with Gasteiger partial charge in [0.15, 0.2) is 0 Å². The van der Waals surface area contributed by atoms with Gasteiger partial charge in [-0.2, -0.15) is 0 Å². The van der Waals surface area contributed by atoms with Crippen LogP contribution in [0.3, 0.4) is 0 Å². The van der Waals surface area contributed by atoms with Crippen LogP contribution in [-0.2, 0) is 9.59 Å². The van der Waals surface area contributed by atoms with E-state index < -0.39 is 0 Å². The summed E-state index contributed by atoms with van der Waals surface area (Å²) in [7, 11) is 3.38. The minimum atomic E-state index is -0.0968. The van der Waals surface area contributed by atoms with Gasteiger partial charge in [0.1, 0.15) is 11.6 Å². The molecule has 2 heterocycles. The van der Waals surface area contributed by atoms with Crippen molar-refractivity contribution >= 4 is 23.4 Å². The number of rotatable bonds is 7. The first-order chi connectivity index (χ1) is 12.8. The van der Waals surface area contributed by atoms with Gasteiger partial charge >= 0.3 is 0 Å². The third-order valence-corrected chi connectivity index (χ3v) is 4.70. The summed E-state index contributed by atoms with van der Waals surface area (Å²) in [4.78, 5) is 44.2. The maximum atomic E-state index is 12.8. The van der Waals surface area contributed by atoms with Crippen molar-refractivity contribution < 1.29 is 14.4 Å². The molecular weight excluding hydrogens is 344 g/mol. The Morgan fingerprint density at radius 1 is 1.30 bits per heavy atom. The van der Waals surface area contributed by atoms with Gasteiger partial charge in [-0.05, 0) is 30.9 Å². The lowest BCUT2D eigenvalue weighted by molar-refractivity contribution is -0.127. The van der Waals surface area contributed by atoms with Gasteiger partial charge in [0.2, 0.25) is 5.91 Å². The minimum absolute atomic E-state index is 0.0534. The number of carbonyl (C=O) groups is 3. The smallest absolute Gasteiger partial charge is 0.255 e. The summed E-state index contributed by atoms with van der Waals surface area (Å²) in [5, 5.41) is 2.94. The molecule has 2 rings (SSSR count). The second-order valence-electron chi connectivity index (χ2n) is 7.73. The van der Waals surface area contributed by atoms with E-state index in [0.29, 0.717) is 36.8 Å². The number of likely N-dealkylation sites (N-methyl/N-ethyl adjacent to an activating group) is 1. The molecule has 148 valence electrons. The Hall–Kier alpha value is -2.44. The summed E-state index contributed by atoms with van der Waals surface area (Å²) in [6.45, 7) is 5.39. The molecule has 1 aromatic rings. The quantitative estimate of drug-likeness (QED) is 0.790. The Morgan fingerprint density at radius 2 is 2.04 bits per heavy atom. The van der Waals surface area contributed by atoms with Gasteiger partial charge in [-0.3, -0.25) is 14.4 Å². The van der Waals surface area contributed by atoms with Crippen LogP contribution < -0.4 is 5.32 Å². The van der Waals surface area contributed by atoms with Crippen LogP contribution in [0.5, 0.6) is 0 Å². The topological polar surface area (TPSA) is 82.6 Å². The average Bonchev–Trinajstić information content (AvgIpc) is 2.65. The predicted octanol–water partition coefficient (Wildman–Crippen LogP) is 2.05. The Labute approximate surface area is 161 Å². The lowest BCUT2D eigenvalue weighted by Gasteiger charge is -2.32. The van der Waals surface area contributed by atoms with Crippen LogP contribution >= 0.6 is 0 Å². The molecular formula is C20H30N4O3. The molecule has 0 radical (unpaired) electrons. The minimum Gasteiger partial charge on any atom is -0.361 e. The highest BCUT2D eigenvalue weighted by Crippen LogP contribution is 2.22. The number of ketones is 1. The fraction of sp³-hybridized carbons (Fsp3) is 0.600. The molecule has 0 aromatic carbocycles. The Morgan fingerprint density at radius 3 is 2.63 bits per heavy atom. The molecule has 0 saturated carbocycles. The SMILES string of the molecule is CC(C)CC(=O)[C@H]1CCCN(C(=O)c2ccc(NCC(=O)N(C)C)nc2)C1. The predicted molar refractivity (Wildman–Crippen MR) is 105 cm³/mol. The monoisotopic (exact) mass is 374 g/mol. The average molecular weight is 374 g/mol. The number of aromatic nitrogens is 1. The van der Waals surface area contributed by atoms with Crippen LogP contribution in [0.1, 0.15) is 43.5 Å². The molecule has 1 aliphatic rings. The first-order valence-corrected chi connectivity index (χ1v) is 9.50. The van der Waals surface area contributed by atoms with Crippen molar-refractivity contribution in [3.05, 3.63) is 23.9 Å². The maximum absolute atomic E-state index is 12.8. The number of Topliss-reactive ketones (excluding diaryl/α,β-unsaturated/α-hetero) is 1. The molecule has 0 aliphatic carbocycles. The molecule has 7 nitrogen and oxygen atoms in total. The first-order valence-electron chi connectivity index (χ1n) is 9.50. The summed E-state index contributed by atoms with van der Waals surface area (Å²) in [6, 6.07) is 3.40. The molecule has 27 heavy (non-hydrogen) atoms. The number of likely N-dealkylation sites (tertiary alicyclic amines) is 1. The number of piperidine rings is 1. The maximum Gasteiger partial charge on any atom is 0.255 e. The first kappa shape index (κ1) is 20.9. The summed E-state index contributed by atoms with van der Waals surface area (Å²) in [5.41, 5.74) is 0.497. The zero-order valence-electron chi connectivity index (χ0n) is 16.7. The third kappa shape index (κ3) is 6.05. The Kier molecular flexibility index (Phi) is 7.33. The van der Waals surface area contributed by atoms with E-state index in [-0.39, 0.29) is 30.1 Å². The van der Waals surface area contributed by atoms with Crippen molar-refractivity contribution in [3.8, 4) is 0 Å². The van der Waals surface area contributed by atoms with Gasteiger partial charge in [0.05, 0.1) is 12.1 Å².